The van der Waals surface area contributed by atoms with E-state index in [0.29, 0.717) is 19.5 Å². The highest BCUT2D eigenvalue weighted by atomic mass is 16.3. The topological polar surface area (TPSA) is 72.2 Å². The van der Waals surface area contributed by atoms with E-state index in [1.807, 2.05) is 18.2 Å². The van der Waals surface area contributed by atoms with Crippen molar-refractivity contribution in [3.8, 4) is 0 Å². The van der Waals surface area contributed by atoms with Crippen LogP contribution in [0.15, 0.2) is 35.4 Å². The molecule has 5 heteroatoms. The summed E-state index contributed by atoms with van der Waals surface area (Å²) in [7, 11) is 0. The number of nitrogens with zero attached hydrogens (tertiary/aromatic N) is 4. The SMILES string of the molecule is [N-]=[N+]=NCC1CC(O)CN1Cc1ccccc1. The highest BCUT2D eigenvalue weighted by molar-refractivity contribution is 5.15. The summed E-state index contributed by atoms with van der Waals surface area (Å²) in [4.78, 5) is 4.96. The van der Waals surface area contributed by atoms with Crippen LogP contribution in [0.4, 0.5) is 0 Å². The summed E-state index contributed by atoms with van der Waals surface area (Å²) in [5, 5.41) is 13.3. The maximum atomic E-state index is 9.67. The van der Waals surface area contributed by atoms with Crippen LogP contribution >= 0.6 is 0 Å². The Bertz CT molecular complexity index is 402. The summed E-state index contributed by atoms with van der Waals surface area (Å²) >= 11 is 0. The molecular weight excluding hydrogens is 216 g/mol. The van der Waals surface area contributed by atoms with E-state index in [4.69, 9.17) is 5.53 Å². The average Bonchev–Trinajstić information content (AvgIpc) is 2.68. The van der Waals surface area contributed by atoms with Gasteiger partial charge in [-0.3, -0.25) is 4.90 Å². The van der Waals surface area contributed by atoms with Crippen LogP contribution in [0.1, 0.15) is 12.0 Å². The van der Waals surface area contributed by atoms with Gasteiger partial charge in [0.05, 0.1) is 6.10 Å². The zero-order valence-electron chi connectivity index (χ0n) is 9.61. The van der Waals surface area contributed by atoms with Gasteiger partial charge in [0.1, 0.15) is 0 Å². The number of benzene rings is 1. The fraction of sp³-hybridized carbons (Fsp3) is 0.500. The highest BCUT2D eigenvalue weighted by Crippen LogP contribution is 2.20. The van der Waals surface area contributed by atoms with E-state index in [1.165, 1.54) is 5.56 Å². The van der Waals surface area contributed by atoms with E-state index in [2.05, 4.69) is 27.1 Å². The lowest BCUT2D eigenvalue weighted by Gasteiger charge is -2.22. The van der Waals surface area contributed by atoms with Crippen LogP contribution in [0, 0.1) is 0 Å². The van der Waals surface area contributed by atoms with E-state index >= 15 is 0 Å². The molecule has 1 aliphatic heterocycles. The van der Waals surface area contributed by atoms with Crippen molar-refractivity contribution in [1.82, 2.24) is 4.90 Å². The van der Waals surface area contributed by atoms with Gasteiger partial charge in [0.2, 0.25) is 0 Å². The molecule has 0 saturated carbocycles. The van der Waals surface area contributed by atoms with Crippen molar-refractivity contribution < 1.29 is 5.11 Å². The lowest BCUT2D eigenvalue weighted by atomic mass is 10.2. The van der Waals surface area contributed by atoms with Crippen LogP contribution in [0.2, 0.25) is 0 Å². The molecule has 0 aromatic heterocycles. The van der Waals surface area contributed by atoms with Gasteiger partial charge >= 0.3 is 0 Å². The van der Waals surface area contributed by atoms with Gasteiger partial charge in [-0.15, -0.1) is 0 Å². The first-order valence-corrected chi connectivity index (χ1v) is 5.76. The molecule has 1 heterocycles. The third kappa shape index (κ3) is 3.20. The Morgan fingerprint density at radius 1 is 1.41 bits per heavy atom. The summed E-state index contributed by atoms with van der Waals surface area (Å²) in [6, 6.07) is 10.3. The molecule has 1 aliphatic rings. The zero-order valence-corrected chi connectivity index (χ0v) is 9.61. The van der Waals surface area contributed by atoms with Crippen LogP contribution in [0.25, 0.3) is 10.4 Å². The smallest absolute Gasteiger partial charge is 0.0682 e. The Balaban J connectivity index is 2.00. The maximum absolute atomic E-state index is 9.67. The lowest BCUT2D eigenvalue weighted by Crippen LogP contribution is -2.31. The largest absolute Gasteiger partial charge is 0.392 e. The van der Waals surface area contributed by atoms with Gasteiger partial charge in [0, 0.05) is 30.6 Å². The second-order valence-corrected chi connectivity index (χ2v) is 4.37. The molecule has 90 valence electrons. The van der Waals surface area contributed by atoms with E-state index in [9.17, 15) is 5.11 Å². The lowest BCUT2D eigenvalue weighted by molar-refractivity contribution is 0.173. The van der Waals surface area contributed by atoms with Crippen molar-refractivity contribution in [2.24, 2.45) is 5.11 Å². The van der Waals surface area contributed by atoms with Crippen molar-refractivity contribution in [2.75, 3.05) is 13.1 Å². The van der Waals surface area contributed by atoms with Crippen LogP contribution < -0.4 is 0 Å². The Morgan fingerprint density at radius 3 is 2.88 bits per heavy atom. The van der Waals surface area contributed by atoms with Crippen molar-refractivity contribution in [2.45, 2.75) is 25.1 Å². The molecule has 1 N–H and O–H groups in total. The van der Waals surface area contributed by atoms with Gasteiger partial charge < -0.3 is 5.11 Å². The number of azide groups is 1. The van der Waals surface area contributed by atoms with Crippen LogP contribution in [-0.4, -0.2) is 35.2 Å². The van der Waals surface area contributed by atoms with Gasteiger partial charge in [0.15, 0.2) is 0 Å². The molecule has 17 heavy (non-hydrogen) atoms. The molecule has 2 atom stereocenters. The monoisotopic (exact) mass is 232 g/mol. The first-order valence-electron chi connectivity index (χ1n) is 5.76. The Labute approximate surface area is 100 Å². The normalized spacial score (nSPS) is 24.5. The first kappa shape index (κ1) is 11.9. The Morgan fingerprint density at radius 2 is 2.18 bits per heavy atom. The summed E-state index contributed by atoms with van der Waals surface area (Å²) in [6.45, 7) is 1.88. The number of hydrogen-bond donors (Lipinski definition) is 1. The highest BCUT2D eigenvalue weighted by Gasteiger charge is 2.29. The predicted octanol–water partition coefficient (Wildman–Crippen LogP) is 1.93. The van der Waals surface area contributed by atoms with E-state index < -0.39 is 0 Å². The minimum Gasteiger partial charge on any atom is -0.392 e. The van der Waals surface area contributed by atoms with Crippen molar-refractivity contribution in [3.05, 3.63) is 46.3 Å². The third-order valence-corrected chi connectivity index (χ3v) is 3.09. The second-order valence-electron chi connectivity index (χ2n) is 4.37. The quantitative estimate of drug-likeness (QED) is 0.489. The standard InChI is InChI=1S/C12H16N4O/c13-15-14-7-11-6-12(17)9-16(11)8-10-4-2-1-3-5-10/h1-5,11-12,17H,6-9H2. The third-order valence-electron chi connectivity index (χ3n) is 3.09. The minimum absolute atomic E-state index is 0.154. The molecule has 0 spiro atoms. The summed E-state index contributed by atoms with van der Waals surface area (Å²) in [5.74, 6) is 0. The van der Waals surface area contributed by atoms with Crippen molar-refractivity contribution in [1.29, 1.82) is 0 Å². The number of aliphatic hydroxyl groups excluding tert-OH is 1. The summed E-state index contributed by atoms with van der Waals surface area (Å²) in [6.07, 6.45) is 0.379. The van der Waals surface area contributed by atoms with Crippen LogP contribution in [0.5, 0.6) is 0 Å². The van der Waals surface area contributed by atoms with Gasteiger partial charge in [-0.25, -0.2) is 0 Å². The number of likely N-dealkylation sites (tertiary alicyclic amines) is 1. The van der Waals surface area contributed by atoms with Crippen molar-refractivity contribution in [3.63, 3.8) is 0 Å². The number of rotatable bonds is 4. The van der Waals surface area contributed by atoms with Gasteiger partial charge in [-0.1, -0.05) is 35.4 Å². The predicted molar refractivity (Wildman–Crippen MR) is 65.3 cm³/mol. The molecule has 1 aromatic rings. The van der Waals surface area contributed by atoms with E-state index in [1.54, 1.807) is 0 Å². The molecule has 2 unspecified atom stereocenters. The molecule has 0 aliphatic carbocycles. The number of β-amino-alcohol motifs (C(OH)–C–C–N with tert-alkyl or cyclic N) is 1. The fourth-order valence-corrected chi connectivity index (χ4v) is 2.29. The number of hydrogen-bond acceptors (Lipinski definition) is 3. The second kappa shape index (κ2) is 5.68. The van der Waals surface area contributed by atoms with Crippen LogP contribution in [-0.2, 0) is 6.54 Å². The van der Waals surface area contributed by atoms with Crippen LogP contribution in [0.3, 0.4) is 0 Å². The molecule has 5 nitrogen and oxygen atoms in total. The summed E-state index contributed by atoms with van der Waals surface area (Å²) < 4.78 is 0. The van der Waals surface area contributed by atoms with Crippen molar-refractivity contribution >= 4 is 0 Å². The van der Waals surface area contributed by atoms with Gasteiger partial charge in [-0.05, 0) is 17.5 Å². The molecular formula is C12H16N4O. The van der Waals surface area contributed by atoms with Gasteiger partial charge in [-0.2, -0.15) is 0 Å². The van der Waals surface area contributed by atoms with E-state index in [0.717, 1.165) is 6.54 Å². The Kier molecular flexibility index (Phi) is 3.98. The van der Waals surface area contributed by atoms with E-state index in [-0.39, 0.29) is 12.1 Å². The molecule has 1 fully saturated rings. The zero-order chi connectivity index (χ0) is 12.1. The average molecular weight is 232 g/mol. The maximum Gasteiger partial charge on any atom is 0.0682 e. The fourth-order valence-electron chi connectivity index (χ4n) is 2.29. The van der Waals surface area contributed by atoms with Gasteiger partial charge in [0.25, 0.3) is 0 Å². The molecule has 1 aromatic carbocycles. The minimum atomic E-state index is -0.308. The first-order chi connectivity index (χ1) is 8.29. The Hall–Kier alpha value is -1.55. The molecule has 1 saturated heterocycles. The molecule has 0 radical (unpaired) electrons. The molecule has 0 amide bonds. The summed E-state index contributed by atoms with van der Waals surface area (Å²) in [5.41, 5.74) is 9.56. The molecule has 2 rings (SSSR count). The number of aliphatic hydroxyl groups is 1. The molecule has 0 bridgehead atoms.